The molecule has 0 unspecified atom stereocenters. The molecule has 3 N–H and O–H groups in total. The van der Waals surface area contributed by atoms with Gasteiger partial charge >= 0.3 is 0 Å². The van der Waals surface area contributed by atoms with Crippen molar-refractivity contribution in [3.05, 3.63) is 46.9 Å². The van der Waals surface area contributed by atoms with Gasteiger partial charge in [-0.1, -0.05) is 18.5 Å². The van der Waals surface area contributed by atoms with E-state index in [2.05, 4.69) is 5.32 Å². The summed E-state index contributed by atoms with van der Waals surface area (Å²) >= 11 is 6.10. The third kappa shape index (κ3) is 4.00. The molecule has 0 aliphatic carbocycles. The van der Waals surface area contributed by atoms with Gasteiger partial charge in [0, 0.05) is 5.69 Å². The maximum Gasteiger partial charge on any atom is 0.291 e. The zero-order chi connectivity index (χ0) is 15.2. The number of ether oxygens (including phenoxy) is 1. The minimum atomic E-state index is -0.354. The summed E-state index contributed by atoms with van der Waals surface area (Å²) in [5.74, 6) is 1.01. The van der Waals surface area contributed by atoms with E-state index < -0.39 is 0 Å². The molecule has 0 saturated heterocycles. The maximum absolute atomic E-state index is 12.0. The van der Waals surface area contributed by atoms with Crippen molar-refractivity contribution in [3.63, 3.8) is 0 Å². The zero-order valence-corrected chi connectivity index (χ0v) is 12.4. The van der Waals surface area contributed by atoms with Crippen LogP contribution < -0.4 is 15.8 Å². The van der Waals surface area contributed by atoms with Crippen molar-refractivity contribution in [1.29, 1.82) is 0 Å². The third-order valence-corrected chi connectivity index (χ3v) is 3.03. The van der Waals surface area contributed by atoms with Crippen molar-refractivity contribution in [3.8, 4) is 5.75 Å². The Kier molecular flexibility index (Phi) is 5.25. The third-order valence-electron chi connectivity index (χ3n) is 2.74. The SMILES string of the molecule is CCCOc1ccc(NC(=O)c2ccc(CN)o2)cc1Cl. The monoisotopic (exact) mass is 308 g/mol. The topological polar surface area (TPSA) is 77.5 Å². The Bertz CT molecular complexity index is 625. The average Bonchev–Trinajstić information content (AvgIpc) is 2.95. The predicted molar refractivity (Wildman–Crippen MR) is 81.8 cm³/mol. The Hall–Kier alpha value is -1.98. The molecule has 2 aromatic rings. The summed E-state index contributed by atoms with van der Waals surface area (Å²) in [6.07, 6.45) is 0.900. The number of amides is 1. The molecular formula is C15H17ClN2O3. The molecule has 0 spiro atoms. The van der Waals surface area contributed by atoms with Gasteiger partial charge in [-0.05, 0) is 36.8 Å². The molecule has 0 saturated carbocycles. The summed E-state index contributed by atoms with van der Waals surface area (Å²) in [6, 6.07) is 8.33. The highest BCUT2D eigenvalue weighted by atomic mass is 35.5. The van der Waals surface area contributed by atoms with Crippen LogP contribution >= 0.6 is 11.6 Å². The lowest BCUT2D eigenvalue weighted by molar-refractivity contribution is 0.0995. The molecule has 6 heteroatoms. The van der Waals surface area contributed by atoms with Gasteiger partial charge in [0.2, 0.25) is 0 Å². The number of nitrogens with one attached hydrogen (secondary N) is 1. The first-order valence-electron chi connectivity index (χ1n) is 6.66. The standard InChI is InChI=1S/C15H17ClN2O3/c1-2-7-20-13-5-3-10(8-12(13)16)18-15(19)14-6-4-11(9-17)21-14/h3-6,8H,2,7,9,17H2,1H3,(H,18,19). The number of anilines is 1. The molecule has 21 heavy (non-hydrogen) atoms. The predicted octanol–water partition coefficient (Wildman–Crippen LogP) is 3.43. The molecule has 0 radical (unpaired) electrons. The van der Waals surface area contributed by atoms with Gasteiger partial charge in [0.15, 0.2) is 5.76 Å². The second kappa shape index (κ2) is 7.15. The van der Waals surface area contributed by atoms with Gasteiger partial charge in [0.25, 0.3) is 5.91 Å². The number of rotatable bonds is 6. The van der Waals surface area contributed by atoms with Crippen molar-refractivity contribution in [2.24, 2.45) is 5.73 Å². The molecule has 1 aromatic heterocycles. The number of carbonyl (C=O) groups excluding carboxylic acids is 1. The molecule has 0 bridgehead atoms. The van der Waals surface area contributed by atoms with E-state index >= 15 is 0 Å². The number of nitrogens with two attached hydrogens (primary N) is 1. The number of hydrogen-bond acceptors (Lipinski definition) is 4. The fourth-order valence-corrected chi connectivity index (χ4v) is 1.95. The fraction of sp³-hybridized carbons (Fsp3) is 0.267. The Balaban J connectivity index is 2.05. The highest BCUT2D eigenvalue weighted by Crippen LogP contribution is 2.28. The quantitative estimate of drug-likeness (QED) is 0.857. The molecule has 0 atom stereocenters. The minimum absolute atomic E-state index is 0.206. The van der Waals surface area contributed by atoms with E-state index in [0.717, 1.165) is 6.42 Å². The van der Waals surface area contributed by atoms with E-state index in [-0.39, 0.29) is 18.2 Å². The number of hydrogen-bond donors (Lipinski definition) is 2. The summed E-state index contributed by atoms with van der Waals surface area (Å²) in [4.78, 5) is 12.0. The largest absolute Gasteiger partial charge is 0.492 e. The molecule has 112 valence electrons. The zero-order valence-electron chi connectivity index (χ0n) is 11.7. The Morgan fingerprint density at radius 2 is 2.19 bits per heavy atom. The molecular weight excluding hydrogens is 292 g/mol. The number of benzene rings is 1. The van der Waals surface area contributed by atoms with Gasteiger partial charge in [-0.3, -0.25) is 4.79 Å². The molecule has 1 amide bonds. The van der Waals surface area contributed by atoms with E-state index in [0.29, 0.717) is 28.8 Å². The van der Waals surface area contributed by atoms with E-state index in [9.17, 15) is 4.79 Å². The Morgan fingerprint density at radius 3 is 2.81 bits per heavy atom. The van der Waals surface area contributed by atoms with E-state index in [1.54, 1.807) is 30.3 Å². The van der Waals surface area contributed by atoms with E-state index in [1.165, 1.54) is 0 Å². The van der Waals surface area contributed by atoms with Crippen molar-refractivity contribution < 1.29 is 13.9 Å². The van der Waals surface area contributed by atoms with Gasteiger partial charge in [0.05, 0.1) is 18.2 Å². The van der Waals surface area contributed by atoms with Crippen LogP contribution in [0.15, 0.2) is 34.7 Å². The maximum atomic E-state index is 12.0. The van der Waals surface area contributed by atoms with Crippen LogP contribution in [0.25, 0.3) is 0 Å². The molecule has 2 rings (SSSR count). The van der Waals surface area contributed by atoms with Gasteiger partial charge in [-0.15, -0.1) is 0 Å². The van der Waals surface area contributed by atoms with E-state index in [1.807, 2.05) is 6.92 Å². The van der Waals surface area contributed by atoms with Gasteiger partial charge in [-0.25, -0.2) is 0 Å². The first-order valence-corrected chi connectivity index (χ1v) is 7.04. The molecule has 1 heterocycles. The van der Waals surface area contributed by atoms with Crippen LogP contribution in [0.1, 0.15) is 29.7 Å². The van der Waals surface area contributed by atoms with Crippen LogP contribution in [0.2, 0.25) is 5.02 Å². The lowest BCUT2D eigenvalue weighted by Gasteiger charge is -2.09. The molecule has 0 fully saturated rings. The Labute approximate surface area is 128 Å². The molecule has 0 aliphatic rings. The van der Waals surface area contributed by atoms with Crippen molar-refractivity contribution in [2.45, 2.75) is 19.9 Å². The highest BCUT2D eigenvalue weighted by molar-refractivity contribution is 6.32. The van der Waals surface area contributed by atoms with E-state index in [4.69, 9.17) is 26.5 Å². The second-order valence-corrected chi connectivity index (χ2v) is 4.83. The van der Waals surface area contributed by atoms with Crippen molar-refractivity contribution >= 4 is 23.2 Å². The summed E-state index contributed by atoms with van der Waals surface area (Å²) in [5, 5.41) is 3.15. The van der Waals surface area contributed by atoms with Crippen LogP contribution in [0, 0.1) is 0 Å². The Morgan fingerprint density at radius 1 is 1.38 bits per heavy atom. The lowest BCUT2D eigenvalue weighted by atomic mass is 10.3. The number of halogens is 1. The number of carbonyl (C=O) groups is 1. The number of furan rings is 1. The smallest absolute Gasteiger partial charge is 0.291 e. The first kappa shape index (κ1) is 15.4. The summed E-state index contributed by atoms with van der Waals surface area (Å²) in [6.45, 7) is 2.86. The van der Waals surface area contributed by atoms with Crippen LogP contribution in [0.3, 0.4) is 0 Å². The van der Waals surface area contributed by atoms with Gasteiger partial charge in [-0.2, -0.15) is 0 Å². The molecule has 1 aromatic carbocycles. The van der Waals surface area contributed by atoms with Crippen LogP contribution in [-0.4, -0.2) is 12.5 Å². The minimum Gasteiger partial charge on any atom is -0.492 e. The van der Waals surface area contributed by atoms with Crippen LogP contribution in [0.5, 0.6) is 5.75 Å². The van der Waals surface area contributed by atoms with Gasteiger partial charge < -0.3 is 20.2 Å². The highest BCUT2D eigenvalue weighted by Gasteiger charge is 2.12. The van der Waals surface area contributed by atoms with Crippen LogP contribution in [0.4, 0.5) is 5.69 Å². The summed E-state index contributed by atoms with van der Waals surface area (Å²) < 4.78 is 10.8. The first-order chi connectivity index (χ1) is 10.1. The van der Waals surface area contributed by atoms with Crippen LogP contribution in [-0.2, 0) is 6.54 Å². The molecule has 5 nitrogen and oxygen atoms in total. The van der Waals surface area contributed by atoms with Crippen molar-refractivity contribution in [1.82, 2.24) is 0 Å². The second-order valence-electron chi connectivity index (χ2n) is 4.42. The van der Waals surface area contributed by atoms with Crippen molar-refractivity contribution in [2.75, 3.05) is 11.9 Å². The summed E-state index contributed by atoms with van der Waals surface area (Å²) in [7, 11) is 0. The average molecular weight is 309 g/mol. The fourth-order valence-electron chi connectivity index (χ4n) is 1.71. The lowest BCUT2D eigenvalue weighted by Crippen LogP contribution is -2.11. The summed E-state index contributed by atoms with van der Waals surface area (Å²) in [5.41, 5.74) is 6.00. The normalized spacial score (nSPS) is 10.4. The van der Waals surface area contributed by atoms with Gasteiger partial charge in [0.1, 0.15) is 11.5 Å². The molecule has 0 aliphatic heterocycles.